The summed E-state index contributed by atoms with van der Waals surface area (Å²) in [6.45, 7) is 10.0. The average Bonchev–Trinajstić information content (AvgIpc) is 1.07. The number of benzene rings is 7. The number of pyridine rings is 7. The second-order valence-electron chi connectivity index (χ2n) is 39.2. The zero-order valence-corrected chi connectivity index (χ0v) is 88.2. The van der Waals surface area contributed by atoms with Gasteiger partial charge in [0.25, 0.3) is 0 Å². The number of nitrogens with two attached hydrogens (primary N) is 1. The Morgan fingerprint density at radius 3 is 1.12 bits per heavy atom. The maximum atomic E-state index is 14.3. The number of piperidine rings is 5. The predicted octanol–water partition coefficient (Wildman–Crippen LogP) is 17.9. The molecule has 32 nitrogen and oxygen atoms in total. The van der Waals surface area contributed by atoms with Gasteiger partial charge in [0.1, 0.15) is 11.6 Å². The lowest BCUT2D eigenvalue weighted by Gasteiger charge is -2.32. The van der Waals surface area contributed by atoms with Crippen molar-refractivity contribution in [1.29, 1.82) is 5.26 Å². The molecule has 13 heterocycles. The van der Waals surface area contributed by atoms with Crippen LogP contribution in [0.1, 0.15) is 114 Å². The SMILES string of the molecule is CCN=CC(=CN)c1cc(NC2CCN(S(=O)(=O)C3CC3)CC2)c2cnccc2c1.CS(=O)(=O)N1CCC(Nc2cc(-c3ccc(-n4cccn4)cc3)cc3ccncc23)CC1.CS(=O)(=O)N1CCC(Nc2cc(-c3cnccc3F)cc3ccncc23)CC1.Cc1cc(C#N)cc(-c2cc(NC3CCN(S(C)(=O)=O)CC3)c3cnccc3c2)c1.O=S(=O)(C1CC1)N1CCC(Nc2cc(-c3cncc(F)c3)cc3ccncc23)CC1. The van der Waals surface area contributed by atoms with E-state index in [0.717, 1.165) is 215 Å². The summed E-state index contributed by atoms with van der Waals surface area (Å²) in [5, 5.41) is 41.6. The summed E-state index contributed by atoms with van der Waals surface area (Å²) in [6, 6.07) is 52.5. The lowest BCUT2D eigenvalue weighted by molar-refractivity contribution is 0.329. The fraction of sp³-hybridized carbons (Fsp3) is 0.333. The molecule has 2 aliphatic carbocycles. The van der Waals surface area contributed by atoms with Crippen LogP contribution < -0.4 is 32.3 Å². The first-order chi connectivity index (χ1) is 72.2. The maximum Gasteiger partial charge on any atom is 0.216 e. The zero-order valence-electron chi connectivity index (χ0n) is 84.2. The largest absolute Gasteiger partial charge is 0.404 e. The van der Waals surface area contributed by atoms with Crippen molar-refractivity contribution in [3.05, 3.63) is 285 Å². The van der Waals surface area contributed by atoms with Crippen molar-refractivity contribution < 1.29 is 50.9 Å². The molecule has 7 aliphatic rings. The number of aryl methyl sites for hydroxylation is 1. The highest BCUT2D eigenvalue weighted by Gasteiger charge is 2.43. The van der Waals surface area contributed by atoms with Crippen molar-refractivity contribution >= 4 is 144 Å². The number of sulfonamides is 5. The molecule has 5 saturated heterocycles. The van der Waals surface area contributed by atoms with Gasteiger partial charge in [-0.1, -0.05) is 18.2 Å². The van der Waals surface area contributed by atoms with E-state index < -0.39 is 50.1 Å². The summed E-state index contributed by atoms with van der Waals surface area (Å²) in [4.78, 5) is 33.7. The number of fused-ring (bicyclic) bond motifs is 5. The number of rotatable bonds is 25. The summed E-state index contributed by atoms with van der Waals surface area (Å²) >= 11 is 0. The molecule has 15 aromatic rings. The summed E-state index contributed by atoms with van der Waals surface area (Å²) in [6.07, 6.45) is 45.4. The zero-order chi connectivity index (χ0) is 105. The molecule has 0 amide bonds. The van der Waals surface area contributed by atoms with Gasteiger partial charge in [0, 0.05) is 280 Å². The minimum atomic E-state index is -3.16. The standard InChI is InChI=1S/C24H25N5O2S.C23H24N4O2S.C22H23FN4O2S.C22H29N5O2S.C20H21FN4O2S/c1-32(30,31)28-13-8-21(9-14-28)27-24-16-20(15-19-7-11-25-17-23(19)24)18-3-5-22(6-4-18)29-12-2-10-26-29;1-16-9-17(14-24)11-19(10-16)20-12-18-3-6-25-15-22(18)23(13-20)26-21-4-7-27(8-5-21)30(2,28)29;23-18-10-17(12-25-13-18)16-9-15-3-6-24-14-21(15)22(11-16)26-19-4-7-27(8-5-19)30(28,29)20-1-2-20;1-2-24-14-18(13-23)17-11-16-5-8-25-15-21(16)22(12-17)26-19-6-9-27(10-7-19)30(28,29)20-3-4-20;1-28(26,27)25-8-4-16(5-9-25)24-20-11-15(17-12-23-7-3-19(17)21)10-14-2-6-22-13-18(14)20/h2-7,10-12,15-17,21,27H,8-9,13-14H2,1H3;3,6,9-13,15,21,26H,4-5,7-8H2,1-2H3;3,6,9-14,19-20,26H,1-2,4-5,7-8H2;5,8,11-15,19-20,26H,2-4,6-7,9-10,23H2,1H3;2-3,6-7,10-13,16,24H,4-5,8-9H2,1H3. The maximum absolute atomic E-state index is 14.3. The Morgan fingerprint density at radius 1 is 0.393 bits per heavy atom. The molecule has 7 aromatic carbocycles. The van der Waals surface area contributed by atoms with Crippen LogP contribution in [0.25, 0.3) is 110 Å². The quantitative estimate of drug-likeness (QED) is 0.0289. The number of nitrogens with zero attached hydrogens (tertiary/aromatic N) is 16. The predicted molar refractivity (Wildman–Crippen MR) is 593 cm³/mol. The number of aromatic nitrogens is 9. The van der Waals surface area contributed by atoms with Crippen LogP contribution in [0, 0.1) is 29.9 Å². The van der Waals surface area contributed by atoms with Crippen LogP contribution in [0.5, 0.6) is 0 Å². The van der Waals surface area contributed by atoms with E-state index in [-0.39, 0.29) is 52.3 Å². The van der Waals surface area contributed by atoms with E-state index in [9.17, 15) is 56.1 Å². The molecule has 5 aliphatic heterocycles. The smallest absolute Gasteiger partial charge is 0.216 e. The molecular weight excluding hydrogens is 2000 g/mol. The second kappa shape index (κ2) is 46.8. The number of allylic oxidation sites excluding steroid dienone is 1. The van der Waals surface area contributed by atoms with Gasteiger partial charge in [0.05, 0.1) is 52.8 Å². The van der Waals surface area contributed by atoms with Gasteiger partial charge in [-0.3, -0.25) is 39.9 Å². The molecule has 7 N–H and O–H groups in total. The van der Waals surface area contributed by atoms with E-state index in [1.165, 1.54) is 58.1 Å². The van der Waals surface area contributed by atoms with Crippen LogP contribution in [0.3, 0.4) is 0 Å². The monoisotopic (exact) mass is 2120 g/mol. The highest BCUT2D eigenvalue weighted by atomic mass is 32.2. The van der Waals surface area contributed by atoms with Gasteiger partial charge in [0.15, 0.2) is 0 Å². The Morgan fingerprint density at radius 2 is 0.753 bits per heavy atom. The van der Waals surface area contributed by atoms with Crippen LogP contribution in [0.2, 0.25) is 0 Å². The fourth-order valence-electron chi connectivity index (χ4n) is 20.0. The topological polar surface area (TPSA) is 417 Å². The number of nitriles is 1. The Balaban J connectivity index is 0.000000122. The van der Waals surface area contributed by atoms with Crippen LogP contribution >= 0.6 is 0 Å². The molecule has 0 spiro atoms. The third-order valence-corrected chi connectivity index (χ3v) is 37.1. The number of aliphatic imine (C=N–C) groups is 1. The summed E-state index contributed by atoms with van der Waals surface area (Å²) in [7, 11) is -15.6. The van der Waals surface area contributed by atoms with E-state index in [1.807, 2.05) is 122 Å². The number of anilines is 5. The van der Waals surface area contributed by atoms with Gasteiger partial charge in [-0.15, -0.1) is 0 Å². The van der Waals surface area contributed by atoms with E-state index >= 15 is 0 Å². The van der Waals surface area contributed by atoms with Crippen LogP contribution in [0.15, 0.2) is 262 Å². The number of nitrogens with one attached hydrogen (secondary N) is 5. The molecule has 7 fully saturated rings. The Labute approximate surface area is 874 Å². The Bertz CT molecular complexity index is 8140. The first-order valence-electron chi connectivity index (χ1n) is 50.6. The molecule has 22 rings (SSSR count). The molecule has 8 aromatic heterocycles. The highest BCUT2D eigenvalue weighted by Crippen LogP contribution is 2.42. The van der Waals surface area contributed by atoms with Gasteiger partial charge in [-0.2, -0.15) is 10.4 Å². The lowest BCUT2D eigenvalue weighted by Crippen LogP contribution is -2.43. The second-order valence-corrected chi connectivity index (χ2v) is 49.5. The minimum Gasteiger partial charge on any atom is -0.404 e. The summed E-state index contributed by atoms with van der Waals surface area (Å²) < 4.78 is 158. The van der Waals surface area contributed by atoms with Crippen molar-refractivity contribution in [1.82, 2.24) is 66.2 Å². The fourth-order valence-corrected chi connectivity index (χ4v) is 26.3. The molecule has 2 saturated carbocycles. The molecule has 0 radical (unpaired) electrons. The van der Waals surface area contributed by atoms with Crippen molar-refractivity contribution in [3.8, 4) is 56.3 Å². The van der Waals surface area contributed by atoms with Crippen LogP contribution in [0.4, 0.5) is 37.2 Å². The molecule has 780 valence electrons. The van der Waals surface area contributed by atoms with E-state index in [4.69, 9.17) is 5.73 Å². The first-order valence-corrected chi connectivity index (χ1v) is 59.1. The van der Waals surface area contributed by atoms with Crippen molar-refractivity contribution in [2.24, 2.45) is 10.7 Å². The number of hydrogen-bond acceptors (Lipinski definition) is 26. The molecule has 0 atom stereocenters. The van der Waals surface area contributed by atoms with Crippen molar-refractivity contribution in [2.75, 3.05) is 117 Å². The van der Waals surface area contributed by atoms with Gasteiger partial charge in [-0.25, -0.2) is 77.1 Å². The Hall–Kier alpha value is -13.8. The average molecular weight is 2120 g/mol. The summed E-state index contributed by atoms with van der Waals surface area (Å²) in [5.41, 5.74) is 22.2. The molecular formula is C111H122F2N22O10S5. The third-order valence-electron chi connectivity index (χ3n) is 28.4. The Kier molecular flexibility index (Phi) is 33.1. The van der Waals surface area contributed by atoms with Gasteiger partial charge >= 0.3 is 0 Å². The minimum absolute atomic E-state index is 0.135. The third kappa shape index (κ3) is 26.2. The van der Waals surface area contributed by atoms with Crippen LogP contribution in [-0.4, -0.2) is 246 Å². The summed E-state index contributed by atoms with van der Waals surface area (Å²) in [5.74, 6) is -0.697. The number of hydrogen-bond donors (Lipinski definition) is 6. The van der Waals surface area contributed by atoms with Gasteiger partial charge in [0.2, 0.25) is 50.1 Å². The van der Waals surface area contributed by atoms with Gasteiger partial charge < -0.3 is 32.3 Å². The first kappa shape index (κ1) is 106. The van der Waals surface area contributed by atoms with E-state index in [2.05, 4.69) is 144 Å². The van der Waals surface area contributed by atoms with Gasteiger partial charge in [-0.05, 0) is 309 Å². The number of halogens is 2. The molecule has 0 bridgehead atoms. The molecule has 150 heavy (non-hydrogen) atoms. The highest BCUT2D eigenvalue weighted by molar-refractivity contribution is 7.90. The van der Waals surface area contributed by atoms with E-state index in [1.54, 1.807) is 74.9 Å². The molecule has 0 unspecified atom stereocenters. The van der Waals surface area contributed by atoms with Crippen molar-refractivity contribution in [2.45, 2.75) is 144 Å². The lowest BCUT2D eigenvalue weighted by atomic mass is 9.97. The molecule has 39 heteroatoms. The van der Waals surface area contributed by atoms with E-state index in [0.29, 0.717) is 102 Å². The van der Waals surface area contributed by atoms with Crippen molar-refractivity contribution in [3.63, 3.8) is 0 Å². The van der Waals surface area contributed by atoms with Crippen LogP contribution in [-0.2, 0) is 50.1 Å². The normalized spacial score (nSPS) is 17.2.